The van der Waals surface area contributed by atoms with Gasteiger partial charge in [-0.05, 0) is 42.5 Å². The predicted octanol–water partition coefficient (Wildman–Crippen LogP) is 3.10. The van der Waals surface area contributed by atoms with Crippen LogP contribution in [0.2, 0.25) is 5.02 Å². The summed E-state index contributed by atoms with van der Waals surface area (Å²) >= 11 is 5.95. The lowest BCUT2D eigenvalue weighted by atomic mass is 10.1. The lowest BCUT2D eigenvalue weighted by Crippen LogP contribution is -2.24. The van der Waals surface area contributed by atoms with E-state index >= 15 is 0 Å². The standard InChI is InChI=1S/C20H14ClN5O3/c21-14-4-1-12(2-5-14)15-6-8-18-23-24-19(26(18)25-15)10-22-20(27)13-3-7-16-17(9-13)29-11-28-16/h1-9H,10-11H2,(H,22,27). The Morgan fingerprint density at radius 3 is 2.72 bits per heavy atom. The maximum Gasteiger partial charge on any atom is 0.251 e. The molecule has 0 aliphatic carbocycles. The molecule has 144 valence electrons. The van der Waals surface area contributed by atoms with Crippen LogP contribution in [-0.4, -0.2) is 32.5 Å². The fourth-order valence-electron chi connectivity index (χ4n) is 3.02. The van der Waals surface area contributed by atoms with Gasteiger partial charge >= 0.3 is 0 Å². The van der Waals surface area contributed by atoms with Crippen LogP contribution in [0.5, 0.6) is 11.5 Å². The van der Waals surface area contributed by atoms with Crippen LogP contribution < -0.4 is 14.8 Å². The van der Waals surface area contributed by atoms with Crippen molar-refractivity contribution < 1.29 is 14.3 Å². The van der Waals surface area contributed by atoms with Gasteiger partial charge in [-0.15, -0.1) is 10.2 Å². The van der Waals surface area contributed by atoms with E-state index in [2.05, 4.69) is 20.6 Å². The van der Waals surface area contributed by atoms with E-state index in [1.165, 1.54) is 0 Å². The number of aromatic nitrogens is 4. The third kappa shape index (κ3) is 3.34. The number of ether oxygens (including phenoxy) is 2. The Bertz CT molecular complexity index is 1220. The molecule has 3 heterocycles. The van der Waals surface area contributed by atoms with Gasteiger partial charge in [0.05, 0.1) is 12.2 Å². The Morgan fingerprint density at radius 2 is 1.86 bits per heavy atom. The fourth-order valence-corrected chi connectivity index (χ4v) is 3.14. The summed E-state index contributed by atoms with van der Waals surface area (Å²) in [5.74, 6) is 1.45. The molecule has 1 amide bonds. The summed E-state index contributed by atoms with van der Waals surface area (Å²) in [6.07, 6.45) is 0. The Kier molecular flexibility index (Phi) is 4.25. The van der Waals surface area contributed by atoms with Crippen molar-refractivity contribution >= 4 is 23.2 Å². The Morgan fingerprint density at radius 1 is 1.03 bits per heavy atom. The Labute approximate surface area is 170 Å². The predicted molar refractivity (Wildman–Crippen MR) is 105 cm³/mol. The smallest absolute Gasteiger partial charge is 0.251 e. The zero-order valence-corrected chi connectivity index (χ0v) is 15.8. The number of carbonyl (C=O) groups excluding carboxylic acids is 1. The van der Waals surface area contributed by atoms with E-state index in [0.29, 0.717) is 33.6 Å². The summed E-state index contributed by atoms with van der Waals surface area (Å²) in [5, 5.41) is 16.3. The Hall–Kier alpha value is -3.65. The maximum atomic E-state index is 12.5. The van der Waals surface area contributed by atoms with Gasteiger partial charge in [0.15, 0.2) is 23.0 Å². The average molecular weight is 408 g/mol. The molecule has 0 unspecified atom stereocenters. The number of hydrogen-bond acceptors (Lipinski definition) is 6. The third-order valence-corrected chi connectivity index (χ3v) is 4.76. The summed E-state index contributed by atoms with van der Waals surface area (Å²) in [7, 11) is 0. The van der Waals surface area contributed by atoms with E-state index in [0.717, 1.165) is 11.3 Å². The number of carbonyl (C=O) groups is 1. The summed E-state index contributed by atoms with van der Waals surface area (Å²) in [6, 6.07) is 16.1. The van der Waals surface area contributed by atoms with Gasteiger partial charge in [0.2, 0.25) is 6.79 Å². The molecule has 1 N–H and O–H groups in total. The minimum Gasteiger partial charge on any atom is -0.454 e. The molecular weight excluding hydrogens is 394 g/mol. The maximum absolute atomic E-state index is 12.5. The van der Waals surface area contributed by atoms with Crippen molar-refractivity contribution in [3.63, 3.8) is 0 Å². The van der Waals surface area contributed by atoms with Crippen molar-refractivity contribution in [3.05, 3.63) is 71.0 Å². The van der Waals surface area contributed by atoms with Crippen molar-refractivity contribution in [2.75, 3.05) is 6.79 Å². The van der Waals surface area contributed by atoms with Crippen molar-refractivity contribution in [1.82, 2.24) is 25.1 Å². The molecule has 0 atom stereocenters. The van der Waals surface area contributed by atoms with Crippen LogP contribution in [0.1, 0.15) is 16.2 Å². The molecule has 9 heteroatoms. The van der Waals surface area contributed by atoms with Crippen molar-refractivity contribution in [2.45, 2.75) is 6.54 Å². The van der Waals surface area contributed by atoms with E-state index in [-0.39, 0.29) is 19.2 Å². The SMILES string of the molecule is O=C(NCc1nnc2ccc(-c3ccc(Cl)cc3)nn12)c1ccc2c(c1)OCO2. The van der Waals surface area contributed by atoms with E-state index in [4.69, 9.17) is 21.1 Å². The molecule has 0 spiro atoms. The minimum absolute atomic E-state index is 0.160. The molecule has 0 saturated heterocycles. The topological polar surface area (TPSA) is 90.6 Å². The monoisotopic (exact) mass is 407 g/mol. The first-order valence-corrected chi connectivity index (χ1v) is 9.20. The molecule has 29 heavy (non-hydrogen) atoms. The van der Waals surface area contributed by atoms with Gasteiger partial charge in [0.1, 0.15) is 0 Å². The minimum atomic E-state index is -0.256. The second-order valence-corrected chi connectivity index (χ2v) is 6.80. The molecule has 0 fully saturated rings. The average Bonchev–Trinajstić information content (AvgIpc) is 3.38. The Balaban J connectivity index is 1.37. The number of nitrogens with one attached hydrogen (secondary N) is 1. The molecule has 1 aliphatic heterocycles. The summed E-state index contributed by atoms with van der Waals surface area (Å²) in [4.78, 5) is 12.5. The molecule has 0 saturated carbocycles. The molecule has 8 nitrogen and oxygen atoms in total. The number of benzene rings is 2. The molecule has 2 aromatic heterocycles. The van der Waals surface area contributed by atoms with Gasteiger partial charge in [-0.1, -0.05) is 23.7 Å². The highest BCUT2D eigenvalue weighted by atomic mass is 35.5. The van der Waals surface area contributed by atoms with Gasteiger partial charge in [-0.25, -0.2) is 0 Å². The second-order valence-electron chi connectivity index (χ2n) is 6.36. The van der Waals surface area contributed by atoms with Crippen molar-refractivity contribution in [3.8, 4) is 22.8 Å². The van der Waals surface area contributed by atoms with E-state index in [1.807, 2.05) is 24.3 Å². The quantitative estimate of drug-likeness (QED) is 0.559. The number of nitrogens with zero attached hydrogens (tertiary/aromatic N) is 4. The van der Waals surface area contributed by atoms with E-state index in [1.54, 1.807) is 34.8 Å². The molecule has 4 aromatic rings. The molecular formula is C20H14ClN5O3. The number of halogens is 1. The van der Waals surface area contributed by atoms with Gasteiger partial charge < -0.3 is 14.8 Å². The van der Waals surface area contributed by atoms with Gasteiger partial charge in [0, 0.05) is 16.1 Å². The second kappa shape index (κ2) is 7.06. The van der Waals surface area contributed by atoms with Crippen LogP contribution in [-0.2, 0) is 6.54 Å². The first-order valence-electron chi connectivity index (χ1n) is 8.82. The molecule has 0 bridgehead atoms. The zero-order chi connectivity index (χ0) is 19.8. The highest BCUT2D eigenvalue weighted by Gasteiger charge is 2.17. The number of rotatable bonds is 4. The highest BCUT2D eigenvalue weighted by molar-refractivity contribution is 6.30. The van der Waals surface area contributed by atoms with Crippen LogP contribution in [0.4, 0.5) is 0 Å². The summed E-state index contributed by atoms with van der Waals surface area (Å²) in [6.45, 7) is 0.333. The third-order valence-electron chi connectivity index (χ3n) is 4.51. The van der Waals surface area contributed by atoms with E-state index in [9.17, 15) is 4.79 Å². The van der Waals surface area contributed by atoms with Crippen molar-refractivity contribution in [1.29, 1.82) is 0 Å². The van der Waals surface area contributed by atoms with Crippen LogP contribution in [0.3, 0.4) is 0 Å². The first-order chi connectivity index (χ1) is 14.2. The lowest BCUT2D eigenvalue weighted by molar-refractivity contribution is 0.0949. The van der Waals surface area contributed by atoms with Crippen LogP contribution in [0.25, 0.3) is 16.9 Å². The molecule has 1 aliphatic rings. The zero-order valence-electron chi connectivity index (χ0n) is 15.0. The largest absolute Gasteiger partial charge is 0.454 e. The highest BCUT2D eigenvalue weighted by Crippen LogP contribution is 2.32. The van der Waals surface area contributed by atoms with Gasteiger partial charge in [0.25, 0.3) is 5.91 Å². The van der Waals surface area contributed by atoms with E-state index < -0.39 is 0 Å². The fraction of sp³-hybridized carbons (Fsp3) is 0.100. The molecule has 0 radical (unpaired) electrons. The van der Waals surface area contributed by atoms with Gasteiger partial charge in [-0.3, -0.25) is 4.79 Å². The van der Waals surface area contributed by atoms with Crippen molar-refractivity contribution in [2.24, 2.45) is 0 Å². The van der Waals surface area contributed by atoms with Crippen LogP contribution >= 0.6 is 11.6 Å². The summed E-state index contributed by atoms with van der Waals surface area (Å²) in [5.41, 5.74) is 2.73. The number of amides is 1. The normalized spacial score (nSPS) is 12.3. The van der Waals surface area contributed by atoms with Crippen LogP contribution in [0.15, 0.2) is 54.6 Å². The van der Waals surface area contributed by atoms with Crippen LogP contribution in [0, 0.1) is 0 Å². The van der Waals surface area contributed by atoms with Gasteiger partial charge in [-0.2, -0.15) is 9.61 Å². The lowest BCUT2D eigenvalue weighted by Gasteiger charge is -2.06. The number of fused-ring (bicyclic) bond motifs is 2. The molecule has 5 rings (SSSR count). The summed E-state index contributed by atoms with van der Waals surface area (Å²) < 4.78 is 12.2. The first kappa shape index (κ1) is 17.4. The number of hydrogen-bond donors (Lipinski definition) is 1. The molecule has 2 aromatic carbocycles.